The first kappa shape index (κ1) is 11.7. The molecule has 0 bridgehead atoms. The zero-order valence-corrected chi connectivity index (χ0v) is 12.0. The van der Waals surface area contributed by atoms with Crippen LogP contribution in [0.4, 0.5) is 0 Å². The standard InChI is InChI=1S/C14H17BrO/c1-7(2)11-6-16-14-9(4)8(3)13(15)10(5)12(11)14/h6-7H,1-5H3. The number of benzene rings is 1. The van der Waals surface area contributed by atoms with Crippen LogP contribution in [0.2, 0.25) is 0 Å². The zero-order valence-electron chi connectivity index (χ0n) is 10.4. The molecule has 1 nitrogen and oxygen atoms in total. The Kier molecular flexibility index (Phi) is 2.87. The van der Waals surface area contributed by atoms with Crippen LogP contribution in [0, 0.1) is 20.8 Å². The fourth-order valence-corrected chi connectivity index (χ4v) is 2.68. The van der Waals surface area contributed by atoms with E-state index in [4.69, 9.17) is 4.42 Å². The van der Waals surface area contributed by atoms with Crippen LogP contribution in [-0.2, 0) is 0 Å². The third-order valence-electron chi connectivity index (χ3n) is 3.38. The van der Waals surface area contributed by atoms with Gasteiger partial charge in [-0.05, 0) is 43.4 Å². The van der Waals surface area contributed by atoms with Crippen molar-refractivity contribution in [3.63, 3.8) is 0 Å². The number of halogens is 1. The van der Waals surface area contributed by atoms with E-state index in [0.717, 1.165) is 5.58 Å². The fourth-order valence-electron chi connectivity index (χ4n) is 2.18. The average Bonchev–Trinajstić information content (AvgIpc) is 2.67. The monoisotopic (exact) mass is 280 g/mol. The molecule has 0 radical (unpaired) electrons. The van der Waals surface area contributed by atoms with E-state index in [-0.39, 0.29) is 0 Å². The van der Waals surface area contributed by atoms with Gasteiger partial charge in [0.05, 0.1) is 6.26 Å². The first-order valence-corrected chi connectivity index (χ1v) is 6.40. The molecule has 0 aliphatic heterocycles. The molecule has 1 aromatic carbocycles. The third-order valence-corrected chi connectivity index (χ3v) is 4.57. The van der Waals surface area contributed by atoms with Crippen LogP contribution in [0.5, 0.6) is 0 Å². The lowest BCUT2D eigenvalue weighted by Crippen LogP contribution is -1.92. The highest BCUT2D eigenvalue weighted by Crippen LogP contribution is 2.38. The summed E-state index contributed by atoms with van der Waals surface area (Å²) in [7, 11) is 0. The highest BCUT2D eigenvalue weighted by Gasteiger charge is 2.17. The summed E-state index contributed by atoms with van der Waals surface area (Å²) in [6, 6.07) is 0. The van der Waals surface area contributed by atoms with Crippen molar-refractivity contribution in [2.45, 2.75) is 40.5 Å². The predicted molar refractivity (Wildman–Crippen MR) is 72.2 cm³/mol. The maximum atomic E-state index is 5.74. The van der Waals surface area contributed by atoms with E-state index >= 15 is 0 Å². The molecule has 86 valence electrons. The lowest BCUT2D eigenvalue weighted by atomic mass is 9.95. The van der Waals surface area contributed by atoms with Gasteiger partial charge in [-0.2, -0.15) is 0 Å². The Hall–Kier alpha value is -0.760. The Morgan fingerprint density at radius 2 is 1.69 bits per heavy atom. The van der Waals surface area contributed by atoms with Crippen molar-refractivity contribution in [2.24, 2.45) is 0 Å². The molecule has 0 spiro atoms. The molecule has 1 heterocycles. The topological polar surface area (TPSA) is 13.1 Å². The molecule has 2 rings (SSSR count). The minimum atomic E-state index is 0.494. The number of rotatable bonds is 1. The summed E-state index contributed by atoms with van der Waals surface area (Å²) < 4.78 is 6.95. The van der Waals surface area contributed by atoms with Gasteiger partial charge in [-0.15, -0.1) is 0 Å². The number of hydrogen-bond acceptors (Lipinski definition) is 1. The predicted octanol–water partition coefficient (Wildman–Crippen LogP) is 5.24. The summed E-state index contributed by atoms with van der Waals surface area (Å²) in [5.41, 5.74) is 6.14. The molecule has 0 unspecified atom stereocenters. The van der Waals surface area contributed by atoms with Crippen molar-refractivity contribution >= 4 is 26.9 Å². The van der Waals surface area contributed by atoms with Crippen LogP contribution in [0.15, 0.2) is 15.2 Å². The molecule has 2 heteroatoms. The van der Waals surface area contributed by atoms with Gasteiger partial charge in [-0.1, -0.05) is 29.8 Å². The Morgan fingerprint density at radius 1 is 1.06 bits per heavy atom. The van der Waals surface area contributed by atoms with Gasteiger partial charge in [0.15, 0.2) is 0 Å². The summed E-state index contributed by atoms with van der Waals surface area (Å²) in [5.74, 6) is 0.494. The molecule has 16 heavy (non-hydrogen) atoms. The molecule has 0 aliphatic carbocycles. The smallest absolute Gasteiger partial charge is 0.137 e. The van der Waals surface area contributed by atoms with Crippen LogP contribution in [0.3, 0.4) is 0 Å². The van der Waals surface area contributed by atoms with E-state index in [2.05, 4.69) is 50.5 Å². The van der Waals surface area contributed by atoms with E-state index in [0.29, 0.717) is 5.92 Å². The summed E-state index contributed by atoms with van der Waals surface area (Å²) in [6.07, 6.45) is 1.90. The van der Waals surface area contributed by atoms with Crippen molar-refractivity contribution in [3.8, 4) is 0 Å². The van der Waals surface area contributed by atoms with E-state index in [1.54, 1.807) is 0 Å². The first-order valence-electron chi connectivity index (χ1n) is 5.61. The summed E-state index contributed by atoms with van der Waals surface area (Å²) in [4.78, 5) is 0. The second kappa shape index (κ2) is 3.92. The molecule has 0 atom stereocenters. The minimum absolute atomic E-state index is 0.494. The normalized spacial score (nSPS) is 11.7. The van der Waals surface area contributed by atoms with Crippen LogP contribution in [0.1, 0.15) is 42.0 Å². The molecule has 0 saturated heterocycles. The highest BCUT2D eigenvalue weighted by molar-refractivity contribution is 9.10. The van der Waals surface area contributed by atoms with Crippen molar-refractivity contribution in [2.75, 3.05) is 0 Å². The van der Waals surface area contributed by atoms with E-state index < -0.39 is 0 Å². The summed E-state index contributed by atoms with van der Waals surface area (Å²) in [6.45, 7) is 10.8. The highest BCUT2D eigenvalue weighted by atomic mass is 79.9. The van der Waals surface area contributed by atoms with E-state index in [1.807, 2.05) is 6.26 Å². The summed E-state index contributed by atoms with van der Waals surface area (Å²) in [5, 5.41) is 1.28. The van der Waals surface area contributed by atoms with Gasteiger partial charge < -0.3 is 4.42 Å². The zero-order chi connectivity index (χ0) is 12.0. The Balaban J connectivity index is 2.94. The Morgan fingerprint density at radius 3 is 2.25 bits per heavy atom. The van der Waals surface area contributed by atoms with Gasteiger partial charge in [0, 0.05) is 15.4 Å². The number of fused-ring (bicyclic) bond motifs is 1. The Labute approximate surface area is 105 Å². The minimum Gasteiger partial charge on any atom is -0.464 e. The van der Waals surface area contributed by atoms with Crippen molar-refractivity contribution in [1.29, 1.82) is 0 Å². The molecule has 0 aliphatic rings. The number of aryl methyl sites for hydroxylation is 2. The molecule has 2 aromatic rings. The van der Waals surface area contributed by atoms with Crippen LogP contribution in [0.25, 0.3) is 11.0 Å². The van der Waals surface area contributed by atoms with Gasteiger partial charge in [-0.25, -0.2) is 0 Å². The molecule has 1 aromatic heterocycles. The molecule has 0 saturated carbocycles. The maximum absolute atomic E-state index is 5.74. The fraction of sp³-hybridized carbons (Fsp3) is 0.429. The summed E-state index contributed by atoms with van der Waals surface area (Å²) >= 11 is 3.68. The molecule has 0 fully saturated rings. The SMILES string of the molecule is Cc1c(Br)c(C)c2c(C(C)C)coc2c1C. The lowest BCUT2D eigenvalue weighted by Gasteiger charge is -2.10. The van der Waals surface area contributed by atoms with Crippen molar-refractivity contribution < 1.29 is 4.42 Å². The molecule has 0 amide bonds. The average molecular weight is 281 g/mol. The van der Waals surface area contributed by atoms with Gasteiger partial charge in [0.2, 0.25) is 0 Å². The quantitative estimate of drug-likeness (QED) is 0.696. The Bertz CT molecular complexity index is 550. The van der Waals surface area contributed by atoms with E-state index in [9.17, 15) is 0 Å². The second-order valence-electron chi connectivity index (χ2n) is 4.74. The molecular weight excluding hydrogens is 264 g/mol. The maximum Gasteiger partial charge on any atom is 0.137 e. The number of furan rings is 1. The van der Waals surface area contributed by atoms with Gasteiger partial charge in [-0.3, -0.25) is 0 Å². The lowest BCUT2D eigenvalue weighted by molar-refractivity contribution is 0.604. The van der Waals surface area contributed by atoms with E-state index in [1.165, 1.54) is 32.1 Å². The van der Waals surface area contributed by atoms with Crippen LogP contribution >= 0.6 is 15.9 Å². The van der Waals surface area contributed by atoms with Gasteiger partial charge in [0.1, 0.15) is 5.58 Å². The third kappa shape index (κ3) is 1.51. The van der Waals surface area contributed by atoms with Gasteiger partial charge >= 0.3 is 0 Å². The molecule has 0 N–H and O–H groups in total. The first-order chi connectivity index (χ1) is 7.45. The number of hydrogen-bond donors (Lipinski definition) is 0. The van der Waals surface area contributed by atoms with Crippen LogP contribution in [-0.4, -0.2) is 0 Å². The van der Waals surface area contributed by atoms with Crippen molar-refractivity contribution in [1.82, 2.24) is 0 Å². The van der Waals surface area contributed by atoms with Crippen LogP contribution < -0.4 is 0 Å². The second-order valence-corrected chi connectivity index (χ2v) is 5.53. The van der Waals surface area contributed by atoms with Crippen molar-refractivity contribution in [3.05, 3.63) is 33.0 Å². The van der Waals surface area contributed by atoms with Gasteiger partial charge in [0.25, 0.3) is 0 Å². The largest absolute Gasteiger partial charge is 0.464 e. The molecular formula is C14H17BrO.